The number of carbonyl (C=O) groups excluding carboxylic acids is 1. The Morgan fingerprint density at radius 3 is 3.23 bits per heavy atom. The summed E-state index contributed by atoms with van der Waals surface area (Å²) < 4.78 is 15.4. The Kier molecular flexibility index (Phi) is 4.53. The molecule has 0 aromatic carbocycles. The van der Waals surface area contributed by atoms with E-state index in [1.54, 1.807) is 6.07 Å². The fourth-order valence-corrected chi connectivity index (χ4v) is 2.62. The van der Waals surface area contributed by atoms with Crippen molar-refractivity contribution < 1.29 is 18.5 Å². The predicted octanol–water partition coefficient (Wildman–Crippen LogP) is 2.22. The molecule has 1 unspecified atom stereocenters. The van der Waals surface area contributed by atoms with Crippen molar-refractivity contribution in [2.24, 2.45) is 0 Å². The van der Waals surface area contributed by atoms with Gasteiger partial charge in [0.25, 0.3) is 11.8 Å². The van der Waals surface area contributed by atoms with Crippen molar-refractivity contribution in [1.82, 2.24) is 15.0 Å². The number of ether oxygens (including phenoxy) is 1. The van der Waals surface area contributed by atoms with Crippen molar-refractivity contribution in [1.29, 1.82) is 0 Å². The third-order valence-corrected chi connectivity index (χ3v) is 3.76. The van der Waals surface area contributed by atoms with Crippen molar-refractivity contribution >= 4 is 5.91 Å². The van der Waals surface area contributed by atoms with Gasteiger partial charge in [-0.25, -0.2) is 0 Å². The van der Waals surface area contributed by atoms with Gasteiger partial charge in [-0.05, 0) is 25.8 Å². The van der Waals surface area contributed by atoms with E-state index in [1.165, 1.54) is 12.5 Å². The van der Waals surface area contributed by atoms with Crippen LogP contribution >= 0.6 is 0 Å². The van der Waals surface area contributed by atoms with E-state index in [0.29, 0.717) is 37.0 Å². The normalized spacial score (nSPS) is 18.6. The van der Waals surface area contributed by atoms with Crippen LogP contribution in [-0.2, 0) is 11.3 Å². The number of amides is 1. The number of nitrogens with zero attached hydrogens (tertiary/aromatic N) is 3. The zero-order valence-electron chi connectivity index (χ0n) is 12.5. The summed E-state index contributed by atoms with van der Waals surface area (Å²) in [5.74, 6) is 1.22. The lowest BCUT2D eigenvalue weighted by atomic mass is 9.97. The molecule has 1 saturated heterocycles. The SMILES string of the molecule is CCOCc1nc(C2CCCN(C(=O)c3ccoc3)C2)no1. The summed E-state index contributed by atoms with van der Waals surface area (Å²) in [7, 11) is 0. The number of hydrogen-bond donors (Lipinski definition) is 0. The minimum Gasteiger partial charge on any atom is -0.472 e. The minimum absolute atomic E-state index is 0.0171. The van der Waals surface area contributed by atoms with Crippen LogP contribution in [0.25, 0.3) is 0 Å². The molecule has 1 atom stereocenters. The molecule has 2 aromatic heterocycles. The van der Waals surface area contributed by atoms with Gasteiger partial charge in [0.15, 0.2) is 5.82 Å². The van der Waals surface area contributed by atoms with Gasteiger partial charge in [0.2, 0.25) is 0 Å². The van der Waals surface area contributed by atoms with Crippen molar-refractivity contribution in [3.05, 3.63) is 35.9 Å². The number of aromatic nitrogens is 2. The van der Waals surface area contributed by atoms with Crippen LogP contribution in [0.1, 0.15) is 47.8 Å². The molecule has 22 heavy (non-hydrogen) atoms. The molecule has 7 heteroatoms. The molecule has 118 valence electrons. The Morgan fingerprint density at radius 1 is 1.55 bits per heavy atom. The number of carbonyl (C=O) groups is 1. The molecule has 0 saturated carbocycles. The summed E-state index contributed by atoms with van der Waals surface area (Å²) >= 11 is 0. The maximum Gasteiger partial charge on any atom is 0.257 e. The molecule has 2 aromatic rings. The summed E-state index contributed by atoms with van der Waals surface area (Å²) in [6.07, 6.45) is 4.85. The van der Waals surface area contributed by atoms with Crippen molar-refractivity contribution in [3.8, 4) is 0 Å². The average Bonchev–Trinajstić information content (AvgIpc) is 3.24. The van der Waals surface area contributed by atoms with Crippen LogP contribution in [0.15, 0.2) is 27.5 Å². The van der Waals surface area contributed by atoms with Gasteiger partial charge in [-0.1, -0.05) is 5.16 Å². The number of likely N-dealkylation sites (tertiary alicyclic amines) is 1. The zero-order valence-corrected chi connectivity index (χ0v) is 12.5. The van der Waals surface area contributed by atoms with Gasteiger partial charge >= 0.3 is 0 Å². The molecule has 1 amide bonds. The predicted molar refractivity (Wildman–Crippen MR) is 76.2 cm³/mol. The Labute approximate surface area is 128 Å². The first-order valence-electron chi connectivity index (χ1n) is 7.49. The molecule has 0 aliphatic carbocycles. The third-order valence-electron chi connectivity index (χ3n) is 3.76. The quantitative estimate of drug-likeness (QED) is 0.842. The smallest absolute Gasteiger partial charge is 0.257 e. The van der Waals surface area contributed by atoms with E-state index in [2.05, 4.69) is 10.1 Å². The molecule has 1 aliphatic heterocycles. The molecule has 0 bridgehead atoms. The summed E-state index contributed by atoms with van der Waals surface area (Å²) in [6, 6.07) is 1.68. The second-order valence-electron chi connectivity index (χ2n) is 5.29. The maximum absolute atomic E-state index is 12.4. The van der Waals surface area contributed by atoms with Gasteiger partial charge in [-0.2, -0.15) is 4.98 Å². The number of piperidine rings is 1. The summed E-state index contributed by atoms with van der Waals surface area (Å²) in [5.41, 5.74) is 0.575. The summed E-state index contributed by atoms with van der Waals surface area (Å²) in [6.45, 7) is 4.18. The van der Waals surface area contributed by atoms with Crippen LogP contribution in [0.2, 0.25) is 0 Å². The van der Waals surface area contributed by atoms with Crippen LogP contribution in [0.4, 0.5) is 0 Å². The fourth-order valence-electron chi connectivity index (χ4n) is 2.62. The van der Waals surface area contributed by atoms with E-state index in [9.17, 15) is 4.79 Å². The molecule has 0 spiro atoms. The van der Waals surface area contributed by atoms with Gasteiger partial charge in [-0.15, -0.1) is 0 Å². The van der Waals surface area contributed by atoms with E-state index in [4.69, 9.17) is 13.7 Å². The largest absolute Gasteiger partial charge is 0.472 e. The highest BCUT2D eigenvalue weighted by atomic mass is 16.5. The lowest BCUT2D eigenvalue weighted by Gasteiger charge is -2.30. The lowest BCUT2D eigenvalue weighted by Crippen LogP contribution is -2.39. The molecular weight excluding hydrogens is 286 g/mol. The number of furan rings is 1. The number of rotatable bonds is 5. The van der Waals surface area contributed by atoms with Crippen LogP contribution in [-0.4, -0.2) is 40.6 Å². The van der Waals surface area contributed by atoms with Crippen molar-refractivity contribution in [2.45, 2.75) is 32.3 Å². The van der Waals surface area contributed by atoms with Gasteiger partial charge < -0.3 is 18.6 Å². The Balaban J connectivity index is 1.65. The second kappa shape index (κ2) is 6.74. The van der Waals surface area contributed by atoms with E-state index in [-0.39, 0.29) is 11.8 Å². The molecule has 7 nitrogen and oxygen atoms in total. The monoisotopic (exact) mass is 305 g/mol. The summed E-state index contributed by atoms with van der Waals surface area (Å²) in [4.78, 5) is 18.6. The molecule has 1 fully saturated rings. The standard InChI is InChI=1S/C15H19N3O4/c1-2-20-10-13-16-14(17-22-13)11-4-3-6-18(8-11)15(19)12-5-7-21-9-12/h5,7,9,11H,2-4,6,8,10H2,1H3. The maximum atomic E-state index is 12.4. The van der Waals surface area contributed by atoms with Gasteiger partial charge in [0, 0.05) is 25.6 Å². The van der Waals surface area contributed by atoms with E-state index < -0.39 is 0 Å². The molecule has 1 aliphatic rings. The Morgan fingerprint density at radius 2 is 2.45 bits per heavy atom. The highest BCUT2D eigenvalue weighted by Gasteiger charge is 2.28. The van der Waals surface area contributed by atoms with Gasteiger partial charge in [0.05, 0.1) is 11.8 Å². The zero-order chi connectivity index (χ0) is 15.4. The third kappa shape index (κ3) is 3.19. The topological polar surface area (TPSA) is 81.6 Å². The van der Waals surface area contributed by atoms with Crippen LogP contribution in [0.3, 0.4) is 0 Å². The van der Waals surface area contributed by atoms with E-state index in [0.717, 1.165) is 19.4 Å². The highest BCUT2D eigenvalue weighted by molar-refractivity contribution is 5.93. The van der Waals surface area contributed by atoms with Crippen LogP contribution < -0.4 is 0 Å². The van der Waals surface area contributed by atoms with Crippen molar-refractivity contribution in [3.63, 3.8) is 0 Å². The van der Waals surface area contributed by atoms with Crippen molar-refractivity contribution in [2.75, 3.05) is 19.7 Å². The van der Waals surface area contributed by atoms with E-state index in [1.807, 2.05) is 11.8 Å². The highest BCUT2D eigenvalue weighted by Crippen LogP contribution is 2.26. The molecule has 3 rings (SSSR count). The van der Waals surface area contributed by atoms with E-state index >= 15 is 0 Å². The lowest BCUT2D eigenvalue weighted by molar-refractivity contribution is 0.0703. The van der Waals surface area contributed by atoms with Crippen LogP contribution in [0.5, 0.6) is 0 Å². The summed E-state index contributed by atoms with van der Waals surface area (Å²) in [5, 5.41) is 4.03. The first kappa shape index (κ1) is 14.8. The Bertz CT molecular complexity index is 608. The molecule has 0 radical (unpaired) electrons. The first-order chi connectivity index (χ1) is 10.8. The molecular formula is C15H19N3O4. The molecule has 3 heterocycles. The minimum atomic E-state index is -0.0171. The molecule has 0 N–H and O–H groups in total. The van der Waals surface area contributed by atoms with Gasteiger partial charge in [-0.3, -0.25) is 4.79 Å². The first-order valence-corrected chi connectivity index (χ1v) is 7.49. The van der Waals surface area contributed by atoms with Crippen LogP contribution in [0, 0.1) is 0 Å². The Hall–Kier alpha value is -2.15. The second-order valence-corrected chi connectivity index (χ2v) is 5.29. The fraction of sp³-hybridized carbons (Fsp3) is 0.533. The average molecular weight is 305 g/mol. The number of hydrogen-bond acceptors (Lipinski definition) is 6. The van der Waals surface area contributed by atoms with Gasteiger partial charge in [0.1, 0.15) is 12.9 Å².